The van der Waals surface area contributed by atoms with Crippen LogP contribution in [0, 0.1) is 11.3 Å². The summed E-state index contributed by atoms with van der Waals surface area (Å²) in [7, 11) is 0. The molecular weight excluding hydrogens is 208 g/mol. The van der Waals surface area contributed by atoms with E-state index in [4.69, 9.17) is 4.98 Å². The molecule has 0 aliphatic rings. The fraction of sp³-hybridized carbons (Fsp3) is 0.733. The molecule has 0 bridgehead atoms. The van der Waals surface area contributed by atoms with Gasteiger partial charge in [-0.15, -0.1) is 0 Å². The van der Waals surface area contributed by atoms with Crippen LogP contribution in [0.2, 0.25) is 0 Å². The molecule has 1 aromatic rings. The number of rotatable bonds is 4. The molecule has 0 saturated carbocycles. The van der Waals surface area contributed by atoms with Gasteiger partial charge in [-0.3, -0.25) is 9.97 Å². The van der Waals surface area contributed by atoms with Crippen molar-refractivity contribution in [1.29, 1.82) is 0 Å². The van der Waals surface area contributed by atoms with E-state index in [2.05, 4.69) is 46.5 Å². The molecule has 0 spiro atoms. The third-order valence-electron chi connectivity index (χ3n) is 3.04. The van der Waals surface area contributed by atoms with E-state index in [0.29, 0.717) is 11.8 Å². The van der Waals surface area contributed by atoms with Gasteiger partial charge in [0.1, 0.15) is 0 Å². The van der Waals surface area contributed by atoms with Crippen molar-refractivity contribution in [2.24, 2.45) is 11.3 Å². The van der Waals surface area contributed by atoms with Crippen LogP contribution >= 0.6 is 0 Å². The first kappa shape index (κ1) is 14.1. The van der Waals surface area contributed by atoms with E-state index >= 15 is 0 Å². The van der Waals surface area contributed by atoms with Crippen molar-refractivity contribution < 1.29 is 0 Å². The Labute approximate surface area is 106 Å². The molecule has 1 rings (SSSR count). The average Bonchev–Trinajstić information content (AvgIpc) is 2.15. The molecule has 1 heterocycles. The van der Waals surface area contributed by atoms with Crippen LogP contribution in [-0.4, -0.2) is 9.97 Å². The second kappa shape index (κ2) is 5.61. The molecule has 0 saturated heterocycles. The van der Waals surface area contributed by atoms with Crippen molar-refractivity contribution in [2.75, 3.05) is 0 Å². The van der Waals surface area contributed by atoms with E-state index < -0.39 is 0 Å². The summed E-state index contributed by atoms with van der Waals surface area (Å²) in [6.45, 7) is 13.4. The zero-order valence-electron chi connectivity index (χ0n) is 12.1. The van der Waals surface area contributed by atoms with Crippen LogP contribution in [-0.2, 0) is 6.42 Å². The lowest BCUT2D eigenvalue weighted by Gasteiger charge is -2.21. The fourth-order valence-corrected chi connectivity index (χ4v) is 2.25. The summed E-state index contributed by atoms with van der Waals surface area (Å²) < 4.78 is 0. The van der Waals surface area contributed by atoms with Crippen molar-refractivity contribution in [3.8, 4) is 0 Å². The van der Waals surface area contributed by atoms with Gasteiger partial charge in [-0.25, -0.2) is 0 Å². The Kier molecular flexibility index (Phi) is 4.67. The van der Waals surface area contributed by atoms with Crippen LogP contribution in [0.1, 0.15) is 65.3 Å². The molecule has 96 valence electrons. The topological polar surface area (TPSA) is 25.8 Å². The predicted molar refractivity (Wildman–Crippen MR) is 73.1 cm³/mol. The van der Waals surface area contributed by atoms with E-state index in [1.807, 2.05) is 12.4 Å². The molecule has 0 aliphatic heterocycles. The van der Waals surface area contributed by atoms with Gasteiger partial charge in [-0.2, -0.15) is 0 Å². The van der Waals surface area contributed by atoms with Crippen LogP contribution < -0.4 is 0 Å². The van der Waals surface area contributed by atoms with Crippen molar-refractivity contribution in [3.63, 3.8) is 0 Å². The summed E-state index contributed by atoms with van der Waals surface area (Å²) in [6.07, 6.45) is 5.95. The van der Waals surface area contributed by atoms with E-state index in [1.54, 1.807) is 0 Å². The normalized spacial score (nSPS) is 14.1. The highest BCUT2D eigenvalue weighted by Crippen LogP contribution is 2.26. The zero-order valence-corrected chi connectivity index (χ0v) is 12.1. The predicted octanol–water partition coefficient (Wildman–Crippen LogP) is 4.21. The molecule has 0 amide bonds. The Morgan fingerprint density at radius 2 is 1.82 bits per heavy atom. The maximum Gasteiger partial charge on any atom is 0.0623 e. The van der Waals surface area contributed by atoms with Gasteiger partial charge < -0.3 is 0 Å². The molecule has 17 heavy (non-hydrogen) atoms. The molecule has 1 aromatic heterocycles. The maximum atomic E-state index is 4.79. The monoisotopic (exact) mass is 234 g/mol. The third kappa shape index (κ3) is 4.45. The Hall–Kier alpha value is -0.920. The van der Waals surface area contributed by atoms with Crippen molar-refractivity contribution in [3.05, 3.63) is 23.8 Å². The van der Waals surface area contributed by atoms with Crippen LogP contribution in [0.4, 0.5) is 0 Å². The minimum Gasteiger partial charge on any atom is -0.261 e. The largest absolute Gasteiger partial charge is 0.261 e. The SMILES string of the molecule is CCC(c1cncc(CC(C)(C)C)n1)C(C)C. The van der Waals surface area contributed by atoms with Gasteiger partial charge in [0.2, 0.25) is 0 Å². The number of nitrogens with zero attached hydrogens (tertiary/aromatic N) is 2. The highest BCUT2D eigenvalue weighted by molar-refractivity contribution is 5.10. The number of hydrogen-bond donors (Lipinski definition) is 0. The molecule has 0 radical (unpaired) electrons. The summed E-state index contributed by atoms with van der Waals surface area (Å²) in [5.74, 6) is 1.15. The Morgan fingerprint density at radius 1 is 1.18 bits per heavy atom. The van der Waals surface area contributed by atoms with Gasteiger partial charge in [0, 0.05) is 18.3 Å². The van der Waals surface area contributed by atoms with Crippen molar-refractivity contribution in [1.82, 2.24) is 9.97 Å². The van der Waals surface area contributed by atoms with Gasteiger partial charge in [0.25, 0.3) is 0 Å². The first-order chi connectivity index (χ1) is 7.83. The molecule has 1 atom stereocenters. The molecule has 0 aromatic carbocycles. The quantitative estimate of drug-likeness (QED) is 0.779. The molecule has 0 fully saturated rings. The van der Waals surface area contributed by atoms with Gasteiger partial charge in [-0.05, 0) is 24.2 Å². The van der Waals surface area contributed by atoms with E-state index in [1.165, 1.54) is 0 Å². The van der Waals surface area contributed by atoms with Crippen molar-refractivity contribution in [2.45, 2.75) is 60.3 Å². The summed E-state index contributed by atoms with van der Waals surface area (Å²) in [6, 6.07) is 0. The lowest BCUT2D eigenvalue weighted by Crippen LogP contribution is -2.14. The van der Waals surface area contributed by atoms with Crippen molar-refractivity contribution >= 4 is 0 Å². The van der Waals surface area contributed by atoms with Gasteiger partial charge in [-0.1, -0.05) is 41.5 Å². The minimum atomic E-state index is 0.271. The smallest absolute Gasteiger partial charge is 0.0623 e. The van der Waals surface area contributed by atoms with Gasteiger partial charge in [0.05, 0.1) is 11.4 Å². The second-order valence-corrected chi connectivity index (χ2v) is 6.43. The highest BCUT2D eigenvalue weighted by atomic mass is 14.8. The van der Waals surface area contributed by atoms with Gasteiger partial charge in [0.15, 0.2) is 0 Å². The number of hydrogen-bond acceptors (Lipinski definition) is 2. The summed E-state index contributed by atoms with van der Waals surface area (Å²) in [4.78, 5) is 9.15. The highest BCUT2D eigenvalue weighted by Gasteiger charge is 2.18. The minimum absolute atomic E-state index is 0.271. The Bertz CT molecular complexity index is 350. The molecule has 2 nitrogen and oxygen atoms in total. The number of aromatic nitrogens is 2. The molecular formula is C15H26N2. The van der Waals surface area contributed by atoms with Crippen LogP contribution in [0.5, 0.6) is 0 Å². The van der Waals surface area contributed by atoms with Crippen LogP contribution in [0.15, 0.2) is 12.4 Å². The first-order valence-electron chi connectivity index (χ1n) is 6.64. The zero-order chi connectivity index (χ0) is 13.1. The van der Waals surface area contributed by atoms with Gasteiger partial charge >= 0.3 is 0 Å². The lowest BCUT2D eigenvalue weighted by molar-refractivity contribution is 0.402. The van der Waals surface area contributed by atoms with E-state index in [0.717, 1.165) is 24.2 Å². The molecule has 2 heteroatoms. The lowest BCUT2D eigenvalue weighted by atomic mass is 9.89. The molecule has 0 N–H and O–H groups in total. The Balaban J connectivity index is 2.92. The summed E-state index contributed by atoms with van der Waals surface area (Å²) in [5, 5.41) is 0. The van der Waals surface area contributed by atoms with Crippen LogP contribution in [0.25, 0.3) is 0 Å². The third-order valence-corrected chi connectivity index (χ3v) is 3.04. The standard InChI is InChI=1S/C15H26N2/c1-7-13(11(2)3)14-10-16-9-12(17-14)8-15(4,5)6/h9-11,13H,7-8H2,1-6H3. The second-order valence-electron chi connectivity index (χ2n) is 6.43. The molecule has 0 aliphatic carbocycles. The molecule has 1 unspecified atom stereocenters. The fourth-order valence-electron chi connectivity index (χ4n) is 2.25. The summed E-state index contributed by atoms with van der Waals surface area (Å²) >= 11 is 0. The summed E-state index contributed by atoms with van der Waals surface area (Å²) in [5.41, 5.74) is 2.55. The van der Waals surface area contributed by atoms with E-state index in [9.17, 15) is 0 Å². The van der Waals surface area contributed by atoms with E-state index in [-0.39, 0.29) is 5.41 Å². The Morgan fingerprint density at radius 3 is 2.29 bits per heavy atom. The maximum absolute atomic E-state index is 4.79. The average molecular weight is 234 g/mol. The first-order valence-corrected chi connectivity index (χ1v) is 6.64. The van der Waals surface area contributed by atoms with Crippen LogP contribution in [0.3, 0.4) is 0 Å².